The maximum atomic E-state index is 12.0. The Labute approximate surface area is 135 Å². The van der Waals surface area contributed by atoms with Crippen LogP contribution >= 0.6 is 11.3 Å². The first-order valence-electron chi connectivity index (χ1n) is 6.73. The second-order valence-electron chi connectivity index (χ2n) is 4.71. The van der Waals surface area contributed by atoms with Crippen molar-refractivity contribution in [2.75, 3.05) is 6.61 Å². The summed E-state index contributed by atoms with van der Waals surface area (Å²) in [5, 5.41) is 10.8. The third kappa shape index (κ3) is 3.49. The monoisotopic (exact) mass is 328 g/mol. The molecule has 1 aromatic carbocycles. The van der Waals surface area contributed by atoms with Gasteiger partial charge in [0.2, 0.25) is 5.78 Å². The van der Waals surface area contributed by atoms with Gasteiger partial charge in [0.25, 0.3) is 0 Å². The van der Waals surface area contributed by atoms with Crippen LogP contribution in [-0.4, -0.2) is 38.6 Å². The Morgan fingerprint density at radius 1 is 1.17 bits per heavy atom. The highest BCUT2D eigenvalue weighted by Crippen LogP contribution is 2.16. The Morgan fingerprint density at radius 3 is 2.57 bits per heavy atom. The van der Waals surface area contributed by atoms with E-state index in [1.807, 2.05) is 13.0 Å². The lowest BCUT2D eigenvalue weighted by atomic mass is 10.2. The Hall–Kier alpha value is -2.87. The lowest BCUT2D eigenvalue weighted by Gasteiger charge is -2.04. The molecule has 0 unspecified atom stereocenters. The average molecular weight is 328 g/mol. The van der Waals surface area contributed by atoms with E-state index in [0.717, 1.165) is 10.6 Å². The quantitative estimate of drug-likeness (QED) is 0.526. The number of aryl methyl sites for hydroxylation is 1. The molecule has 116 valence electrons. The fraction of sp³-hybridized carbons (Fsp3) is 0.133. The molecule has 0 radical (unpaired) electrons. The van der Waals surface area contributed by atoms with E-state index < -0.39 is 5.97 Å². The highest BCUT2D eigenvalue weighted by molar-refractivity contribution is 7.14. The van der Waals surface area contributed by atoms with E-state index in [2.05, 4.69) is 15.5 Å². The third-order valence-corrected chi connectivity index (χ3v) is 4.11. The number of hydrogen-bond acceptors (Lipinski definition) is 7. The highest BCUT2D eigenvalue weighted by atomic mass is 32.1. The lowest BCUT2D eigenvalue weighted by molar-refractivity contribution is 0.0476. The van der Waals surface area contributed by atoms with Crippen LogP contribution < -0.4 is 0 Å². The minimum Gasteiger partial charge on any atom is -0.454 e. The van der Waals surface area contributed by atoms with E-state index in [1.54, 1.807) is 30.3 Å². The van der Waals surface area contributed by atoms with Gasteiger partial charge in [-0.25, -0.2) is 9.48 Å². The molecule has 23 heavy (non-hydrogen) atoms. The summed E-state index contributed by atoms with van der Waals surface area (Å²) >= 11 is 1.38. The van der Waals surface area contributed by atoms with Gasteiger partial charge in [-0.2, -0.15) is 0 Å². The van der Waals surface area contributed by atoms with E-state index in [-0.39, 0.29) is 12.4 Å². The van der Waals surface area contributed by atoms with Crippen molar-refractivity contribution in [3.05, 3.63) is 58.0 Å². The van der Waals surface area contributed by atoms with E-state index in [1.165, 1.54) is 22.3 Å². The Bertz CT molecular complexity index is 825. The second kappa shape index (κ2) is 6.49. The molecule has 0 spiro atoms. The molecule has 0 saturated carbocycles. The van der Waals surface area contributed by atoms with Crippen LogP contribution in [0.5, 0.6) is 0 Å². The van der Waals surface area contributed by atoms with Crippen molar-refractivity contribution in [2.45, 2.75) is 6.92 Å². The van der Waals surface area contributed by atoms with Crippen molar-refractivity contribution in [3.8, 4) is 5.69 Å². The predicted octanol–water partition coefficient (Wildman–Crippen LogP) is 2.07. The number of carbonyl (C=O) groups is 2. The summed E-state index contributed by atoms with van der Waals surface area (Å²) in [6.45, 7) is 1.65. The molecule has 8 heteroatoms. The number of ketones is 1. The molecule has 0 atom stereocenters. The number of benzene rings is 1. The van der Waals surface area contributed by atoms with Crippen LogP contribution in [0.1, 0.15) is 24.9 Å². The normalized spacial score (nSPS) is 10.5. The SMILES string of the molecule is Cc1ccc(C(=O)COC(=O)c2ccc(-n3cnnn3)cc2)s1. The largest absolute Gasteiger partial charge is 0.454 e. The summed E-state index contributed by atoms with van der Waals surface area (Å²) in [5.74, 6) is -0.753. The van der Waals surface area contributed by atoms with Crippen molar-refractivity contribution >= 4 is 23.1 Å². The molecule has 0 aliphatic rings. The highest BCUT2D eigenvalue weighted by Gasteiger charge is 2.13. The first-order chi connectivity index (χ1) is 11.1. The second-order valence-corrected chi connectivity index (χ2v) is 6.00. The maximum Gasteiger partial charge on any atom is 0.338 e. The molecule has 0 aliphatic heterocycles. The van der Waals surface area contributed by atoms with Gasteiger partial charge in [0.1, 0.15) is 6.33 Å². The minimum atomic E-state index is -0.546. The molecule has 0 saturated heterocycles. The molecule has 0 N–H and O–H groups in total. The number of Topliss-reactive ketones (excluding diaryl/α,β-unsaturated/α-hetero) is 1. The van der Waals surface area contributed by atoms with E-state index in [4.69, 9.17) is 4.74 Å². The maximum absolute atomic E-state index is 12.0. The van der Waals surface area contributed by atoms with E-state index >= 15 is 0 Å². The van der Waals surface area contributed by atoms with Crippen molar-refractivity contribution in [1.29, 1.82) is 0 Å². The summed E-state index contributed by atoms with van der Waals surface area (Å²) < 4.78 is 6.53. The van der Waals surface area contributed by atoms with Crippen LogP contribution in [0.4, 0.5) is 0 Å². The Balaban J connectivity index is 1.61. The van der Waals surface area contributed by atoms with Gasteiger partial charge in [0.05, 0.1) is 16.1 Å². The van der Waals surface area contributed by atoms with Gasteiger partial charge < -0.3 is 4.74 Å². The molecular weight excluding hydrogens is 316 g/mol. The number of esters is 1. The average Bonchev–Trinajstić information content (AvgIpc) is 3.24. The van der Waals surface area contributed by atoms with Gasteiger partial charge >= 0.3 is 5.97 Å². The molecule has 3 rings (SSSR count). The van der Waals surface area contributed by atoms with Crippen LogP contribution in [0.3, 0.4) is 0 Å². The number of aromatic nitrogens is 4. The van der Waals surface area contributed by atoms with Crippen LogP contribution in [0, 0.1) is 6.92 Å². The number of hydrogen-bond donors (Lipinski definition) is 0. The zero-order valence-corrected chi connectivity index (χ0v) is 13.0. The van der Waals surface area contributed by atoms with Gasteiger partial charge in [0, 0.05) is 4.88 Å². The standard InChI is InChI=1S/C15H12N4O3S/c1-10-2-7-14(23-10)13(20)8-22-15(21)11-3-5-12(6-4-11)19-9-16-17-18-19/h2-7,9H,8H2,1H3. The van der Waals surface area contributed by atoms with E-state index in [0.29, 0.717) is 10.4 Å². The molecule has 0 bridgehead atoms. The molecule has 3 aromatic rings. The van der Waals surface area contributed by atoms with Crippen LogP contribution in [0.2, 0.25) is 0 Å². The smallest absolute Gasteiger partial charge is 0.338 e. The van der Waals surface area contributed by atoms with Gasteiger partial charge in [-0.15, -0.1) is 16.4 Å². The minimum absolute atomic E-state index is 0.207. The van der Waals surface area contributed by atoms with Gasteiger partial charge in [-0.3, -0.25) is 4.79 Å². The first kappa shape index (κ1) is 15.0. The number of ether oxygens (including phenoxy) is 1. The summed E-state index contributed by atoms with van der Waals surface area (Å²) in [7, 11) is 0. The van der Waals surface area contributed by atoms with Gasteiger partial charge in [0.15, 0.2) is 6.61 Å². The summed E-state index contributed by atoms with van der Waals surface area (Å²) in [5.41, 5.74) is 1.08. The molecule has 2 heterocycles. The third-order valence-electron chi connectivity index (χ3n) is 3.07. The van der Waals surface area contributed by atoms with Crippen LogP contribution in [0.15, 0.2) is 42.7 Å². The molecular formula is C15H12N4O3S. The van der Waals surface area contributed by atoms with Crippen molar-refractivity contribution in [1.82, 2.24) is 20.2 Å². The summed E-state index contributed by atoms with van der Waals surface area (Å²) in [4.78, 5) is 25.5. The lowest BCUT2D eigenvalue weighted by Crippen LogP contribution is -2.13. The van der Waals surface area contributed by atoms with Crippen molar-refractivity contribution < 1.29 is 14.3 Å². The Kier molecular flexibility index (Phi) is 4.24. The van der Waals surface area contributed by atoms with Gasteiger partial charge in [-0.1, -0.05) is 0 Å². The molecule has 0 aliphatic carbocycles. The topological polar surface area (TPSA) is 87.0 Å². The number of nitrogens with zero attached hydrogens (tertiary/aromatic N) is 4. The number of carbonyl (C=O) groups excluding carboxylic acids is 2. The summed E-state index contributed by atoms with van der Waals surface area (Å²) in [6, 6.07) is 10.2. The Morgan fingerprint density at radius 2 is 1.96 bits per heavy atom. The molecule has 2 aromatic heterocycles. The number of tetrazole rings is 1. The fourth-order valence-electron chi connectivity index (χ4n) is 1.90. The van der Waals surface area contributed by atoms with Crippen molar-refractivity contribution in [3.63, 3.8) is 0 Å². The number of rotatable bonds is 5. The van der Waals surface area contributed by atoms with Gasteiger partial charge in [-0.05, 0) is 53.7 Å². The van der Waals surface area contributed by atoms with Crippen LogP contribution in [-0.2, 0) is 4.74 Å². The molecule has 7 nitrogen and oxygen atoms in total. The molecule has 0 amide bonds. The summed E-state index contributed by atoms with van der Waals surface area (Å²) in [6.07, 6.45) is 1.45. The van der Waals surface area contributed by atoms with Crippen LogP contribution in [0.25, 0.3) is 5.69 Å². The van der Waals surface area contributed by atoms with Crippen molar-refractivity contribution in [2.24, 2.45) is 0 Å². The first-order valence-corrected chi connectivity index (χ1v) is 7.55. The zero-order chi connectivity index (χ0) is 16.2. The zero-order valence-electron chi connectivity index (χ0n) is 12.2. The predicted molar refractivity (Wildman–Crippen MR) is 82.8 cm³/mol. The van der Waals surface area contributed by atoms with E-state index in [9.17, 15) is 9.59 Å². The fourth-order valence-corrected chi connectivity index (χ4v) is 2.69. The number of thiophene rings is 1. The molecule has 0 fully saturated rings.